The number of hydrogen-bond donors (Lipinski definition) is 0. The van der Waals surface area contributed by atoms with Gasteiger partial charge in [0, 0.05) is 17.6 Å². The molecule has 1 amide bonds. The maximum atomic E-state index is 12.4. The van der Waals surface area contributed by atoms with Gasteiger partial charge in [-0.15, -0.1) is 10.2 Å². The molecule has 0 unspecified atom stereocenters. The summed E-state index contributed by atoms with van der Waals surface area (Å²) in [5.74, 6) is 2.06. The van der Waals surface area contributed by atoms with Crippen LogP contribution in [0.3, 0.4) is 0 Å². The molecule has 1 aromatic carbocycles. The van der Waals surface area contributed by atoms with Gasteiger partial charge in [-0.2, -0.15) is 0 Å². The van der Waals surface area contributed by atoms with Crippen LogP contribution in [0, 0.1) is 0 Å². The average Bonchev–Trinajstić information content (AvgIpc) is 3.20. The molecule has 0 radical (unpaired) electrons. The van der Waals surface area contributed by atoms with Crippen molar-refractivity contribution in [2.45, 2.75) is 45.0 Å². The average molecular weight is 363 g/mol. The molecule has 1 aliphatic heterocycles. The third kappa shape index (κ3) is 3.89. The zero-order valence-electron chi connectivity index (χ0n) is 14.7. The zero-order chi connectivity index (χ0) is 18.0. The summed E-state index contributed by atoms with van der Waals surface area (Å²) in [6.45, 7) is 8.24. The largest absolute Gasteiger partial charge is 0.454 e. The van der Waals surface area contributed by atoms with Crippen molar-refractivity contribution in [1.82, 2.24) is 15.1 Å². The monoisotopic (exact) mass is 363 g/mol. The second kappa shape index (κ2) is 7.35. The number of rotatable bonds is 6. The van der Waals surface area contributed by atoms with E-state index in [0.717, 1.165) is 5.56 Å². The van der Waals surface area contributed by atoms with Crippen molar-refractivity contribution in [3.8, 4) is 23.0 Å². The molecule has 0 spiro atoms. The van der Waals surface area contributed by atoms with Crippen molar-refractivity contribution >= 4 is 17.7 Å². The van der Waals surface area contributed by atoms with Gasteiger partial charge in [0.2, 0.25) is 18.6 Å². The summed E-state index contributed by atoms with van der Waals surface area (Å²) in [5.41, 5.74) is 0.751. The van der Waals surface area contributed by atoms with Gasteiger partial charge in [-0.25, -0.2) is 0 Å². The molecular weight excluding hydrogens is 342 g/mol. The molecule has 3 rings (SSSR count). The minimum absolute atomic E-state index is 0.0535. The molecule has 0 fully saturated rings. The fraction of sp³-hybridized carbons (Fsp3) is 0.471. The maximum absolute atomic E-state index is 12.4. The number of fused-ring (bicyclic) bond motifs is 1. The highest BCUT2D eigenvalue weighted by Crippen LogP contribution is 2.36. The van der Waals surface area contributed by atoms with E-state index in [1.165, 1.54) is 11.8 Å². The molecule has 1 aliphatic rings. The molecule has 7 nitrogen and oxygen atoms in total. The van der Waals surface area contributed by atoms with Gasteiger partial charge in [-0.1, -0.05) is 11.8 Å². The molecule has 25 heavy (non-hydrogen) atoms. The van der Waals surface area contributed by atoms with Crippen molar-refractivity contribution < 1.29 is 18.7 Å². The fourth-order valence-corrected chi connectivity index (χ4v) is 3.42. The minimum Gasteiger partial charge on any atom is -0.454 e. The van der Waals surface area contributed by atoms with Gasteiger partial charge in [-0.3, -0.25) is 4.79 Å². The highest BCUT2D eigenvalue weighted by atomic mass is 32.2. The van der Waals surface area contributed by atoms with Crippen molar-refractivity contribution in [2.75, 3.05) is 12.5 Å². The van der Waals surface area contributed by atoms with Crippen molar-refractivity contribution in [2.24, 2.45) is 0 Å². The summed E-state index contributed by atoms with van der Waals surface area (Å²) in [6.07, 6.45) is 0. The molecule has 0 aliphatic carbocycles. The Morgan fingerprint density at radius 2 is 1.88 bits per heavy atom. The lowest BCUT2D eigenvalue weighted by atomic mass is 10.2. The first kappa shape index (κ1) is 17.6. The Hall–Kier alpha value is -2.22. The van der Waals surface area contributed by atoms with E-state index in [4.69, 9.17) is 13.9 Å². The van der Waals surface area contributed by atoms with Crippen molar-refractivity contribution in [3.63, 3.8) is 0 Å². The molecule has 0 saturated heterocycles. The Bertz CT molecular complexity index is 752. The molecule has 0 atom stereocenters. The molecule has 134 valence electrons. The standard InChI is InChI=1S/C17H21N3O4S/c1-10(2)20(11(3)4)15(21)8-25-17-19-18-16(24-17)12-5-6-13-14(7-12)23-9-22-13/h5-7,10-11H,8-9H2,1-4H3. The number of carbonyl (C=O) groups is 1. The topological polar surface area (TPSA) is 77.7 Å². The first-order valence-corrected chi connectivity index (χ1v) is 9.11. The minimum atomic E-state index is 0.0535. The second-order valence-electron chi connectivity index (χ2n) is 6.22. The van der Waals surface area contributed by atoms with Crippen LogP contribution >= 0.6 is 11.8 Å². The smallest absolute Gasteiger partial charge is 0.277 e. The number of aromatic nitrogens is 2. The van der Waals surface area contributed by atoms with Gasteiger partial charge < -0.3 is 18.8 Å². The normalized spacial score (nSPS) is 12.9. The van der Waals surface area contributed by atoms with Gasteiger partial charge in [0.05, 0.1) is 5.75 Å². The van der Waals surface area contributed by atoms with Crippen LogP contribution in [0.25, 0.3) is 11.5 Å². The summed E-state index contributed by atoms with van der Waals surface area (Å²) in [4.78, 5) is 14.2. The van der Waals surface area contributed by atoms with Gasteiger partial charge >= 0.3 is 0 Å². The summed E-state index contributed by atoms with van der Waals surface area (Å²) in [6, 6.07) is 5.75. The molecule has 0 N–H and O–H groups in total. The fourth-order valence-electron chi connectivity index (χ4n) is 2.78. The summed E-state index contributed by atoms with van der Waals surface area (Å²) < 4.78 is 16.3. The van der Waals surface area contributed by atoms with Gasteiger partial charge in [0.25, 0.3) is 5.22 Å². The number of hydrogen-bond acceptors (Lipinski definition) is 7. The van der Waals surface area contributed by atoms with E-state index in [1.54, 1.807) is 12.1 Å². The first-order valence-electron chi connectivity index (χ1n) is 8.13. The van der Waals surface area contributed by atoms with Crippen LogP contribution in [-0.4, -0.2) is 45.6 Å². The molecular formula is C17H21N3O4S. The van der Waals surface area contributed by atoms with E-state index in [-0.39, 0.29) is 30.5 Å². The predicted molar refractivity (Wildman–Crippen MR) is 93.7 cm³/mol. The SMILES string of the molecule is CC(C)N(C(=O)CSc1nnc(-c2ccc3c(c2)OCO3)o1)C(C)C. The number of carbonyl (C=O) groups excluding carboxylic acids is 1. The number of ether oxygens (including phenoxy) is 2. The summed E-state index contributed by atoms with van der Waals surface area (Å²) in [5, 5.41) is 8.43. The van der Waals surface area contributed by atoms with Crippen molar-refractivity contribution in [3.05, 3.63) is 18.2 Å². The Morgan fingerprint density at radius 3 is 2.60 bits per heavy atom. The maximum Gasteiger partial charge on any atom is 0.277 e. The third-order valence-electron chi connectivity index (χ3n) is 3.75. The number of amides is 1. The van der Waals surface area contributed by atoms with Crippen LogP contribution in [0.4, 0.5) is 0 Å². The Balaban J connectivity index is 1.65. The zero-order valence-corrected chi connectivity index (χ0v) is 15.5. The lowest BCUT2D eigenvalue weighted by Gasteiger charge is -2.30. The second-order valence-corrected chi connectivity index (χ2v) is 7.14. The number of nitrogens with zero attached hydrogens (tertiary/aromatic N) is 3. The molecule has 1 aromatic heterocycles. The highest BCUT2D eigenvalue weighted by Gasteiger charge is 2.21. The van der Waals surface area contributed by atoms with Gasteiger partial charge in [0.1, 0.15) is 0 Å². The number of thioether (sulfide) groups is 1. The van der Waals surface area contributed by atoms with Gasteiger partial charge in [-0.05, 0) is 45.9 Å². The third-order valence-corrected chi connectivity index (χ3v) is 4.55. The molecule has 2 heterocycles. The highest BCUT2D eigenvalue weighted by molar-refractivity contribution is 7.99. The van der Waals surface area contributed by atoms with Crippen molar-refractivity contribution in [1.29, 1.82) is 0 Å². The van der Waals surface area contributed by atoms with E-state index in [0.29, 0.717) is 22.6 Å². The quantitative estimate of drug-likeness (QED) is 0.729. The molecule has 2 aromatic rings. The first-order chi connectivity index (χ1) is 12.0. The summed E-state index contributed by atoms with van der Waals surface area (Å²) >= 11 is 1.25. The number of benzene rings is 1. The Kier molecular flexibility index (Phi) is 5.17. The Labute approximate surface area is 150 Å². The molecule has 0 saturated carbocycles. The van der Waals surface area contributed by atoms with E-state index in [9.17, 15) is 4.79 Å². The van der Waals surface area contributed by atoms with E-state index < -0.39 is 0 Å². The Morgan fingerprint density at radius 1 is 1.16 bits per heavy atom. The van der Waals surface area contributed by atoms with Crippen LogP contribution in [0.2, 0.25) is 0 Å². The van der Waals surface area contributed by atoms with Crippen LogP contribution in [0.1, 0.15) is 27.7 Å². The molecule has 0 bridgehead atoms. The predicted octanol–water partition coefficient (Wildman–Crippen LogP) is 3.20. The molecule has 8 heteroatoms. The van der Waals surface area contributed by atoms with Crippen LogP contribution < -0.4 is 9.47 Å². The van der Waals surface area contributed by atoms with Crippen LogP contribution in [0.5, 0.6) is 11.5 Å². The van der Waals surface area contributed by atoms with Crippen LogP contribution in [0.15, 0.2) is 27.8 Å². The lowest BCUT2D eigenvalue weighted by molar-refractivity contribution is -0.131. The van der Waals surface area contributed by atoms with Gasteiger partial charge in [0.15, 0.2) is 11.5 Å². The van der Waals surface area contributed by atoms with E-state index in [2.05, 4.69) is 10.2 Å². The van der Waals surface area contributed by atoms with E-state index in [1.807, 2.05) is 38.7 Å². The van der Waals surface area contributed by atoms with Crippen LogP contribution in [-0.2, 0) is 4.79 Å². The summed E-state index contributed by atoms with van der Waals surface area (Å²) in [7, 11) is 0. The lowest BCUT2D eigenvalue weighted by Crippen LogP contribution is -2.43. The van der Waals surface area contributed by atoms with E-state index >= 15 is 0 Å².